The number of aromatic nitrogens is 2. The topological polar surface area (TPSA) is 37.9 Å². The van der Waals surface area contributed by atoms with E-state index in [1.807, 2.05) is 25.1 Å². The number of aromatic amines is 1. The summed E-state index contributed by atoms with van der Waals surface area (Å²) in [5.41, 5.74) is 4.42. The van der Waals surface area contributed by atoms with Crippen LogP contribution < -0.4 is 4.74 Å². The maximum absolute atomic E-state index is 5.16. The van der Waals surface area contributed by atoms with Crippen molar-refractivity contribution < 1.29 is 4.74 Å². The van der Waals surface area contributed by atoms with Crippen LogP contribution in [-0.4, -0.2) is 17.1 Å². The molecule has 90 valence electrons. The standard InChI is InChI=1S/C15H14N2O/c1-10-16-14-8-5-12(9-15(14)17-10)11-3-6-13(18-2)7-4-11/h3-9H,1-2H3,(H,16,17). The molecule has 1 N–H and O–H groups in total. The van der Waals surface area contributed by atoms with Crippen LogP contribution in [0.3, 0.4) is 0 Å². The molecule has 0 aliphatic heterocycles. The minimum absolute atomic E-state index is 0.872. The van der Waals surface area contributed by atoms with E-state index in [1.165, 1.54) is 11.1 Å². The molecule has 0 fully saturated rings. The lowest BCUT2D eigenvalue weighted by Gasteiger charge is -2.03. The van der Waals surface area contributed by atoms with E-state index < -0.39 is 0 Å². The molecule has 3 heteroatoms. The van der Waals surface area contributed by atoms with E-state index in [4.69, 9.17) is 4.74 Å². The highest BCUT2D eigenvalue weighted by atomic mass is 16.5. The molecule has 0 saturated heterocycles. The van der Waals surface area contributed by atoms with E-state index in [0.717, 1.165) is 22.6 Å². The Labute approximate surface area is 105 Å². The molecule has 0 unspecified atom stereocenters. The average molecular weight is 238 g/mol. The van der Waals surface area contributed by atoms with Crippen LogP contribution in [0.25, 0.3) is 22.2 Å². The predicted molar refractivity (Wildman–Crippen MR) is 72.8 cm³/mol. The van der Waals surface area contributed by atoms with Crippen LogP contribution in [0.1, 0.15) is 5.82 Å². The Morgan fingerprint density at radius 3 is 2.44 bits per heavy atom. The van der Waals surface area contributed by atoms with Crippen LogP contribution in [0.15, 0.2) is 42.5 Å². The lowest BCUT2D eigenvalue weighted by atomic mass is 10.1. The number of nitrogens with one attached hydrogen (secondary N) is 1. The average Bonchev–Trinajstić information content (AvgIpc) is 2.78. The summed E-state index contributed by atoms with van der Waals surface area (Å²) in [6, 6.07) is 14.3. The lowest BCUT2D eigenvalue weighted by Crippen LogP contribution is -1.83. The fourth-order valence-corrected chi connectivity index (χ4v) is 2.10. The molecular weight excluding hydrogens is 224 g/mol. The van der Waals surface area contributed by atoms with E-state index in [-0.39, 0.29) is 0 Å². The van der Waals surface area contributed by atoms with Gasteiger partial charge < -0.3 is 9.72 Å². The van der Waals surface area contributed by atoms with Gasteiger partial charge in [0.25, 0.3) is 0 Å². The van der Waals surface area contributed by atoms with Crippen molar-refractivity contribution in [3.8, 4) is 16.9 Å². The van der Waals surface area contributed by atoms with Gasteiger partial charge in [0.15, 0.2) is 0 Å². The molecule has 0 radical (unpaired) electrons. The number of hydrogen-bond acceptors (Lipinski definition) is 2. The number of H-pyrrole nitrogens is 1. The van der Waals surface area contributed by atoms with Crippen molar-refractivity contribution in [3.63, 3.8) is 0 Å². The van der Waals surface area contributed by atoms with Crippen molar-refractivity contribution in [2.24, 2.45) is 0 Å². The Morgan fingerprint density at radius 2 is 1.72 bits per heavy atom. The highest BCUT2D eigenvalue weighted by Gasteiger charge is 2.03. The summed E-state index contributed by atoms with van der Waals surface area (Å²) in [4.78, 5) is 7.66. The van der Waals surface area contributed by atoms with Crippen LogP contribution in [0.4, 0.5) is 0 Å². The second-order valence-corrected chi connectivity index (χ2v) is 4.28. The molecule has 18 heavy (non-hydrogen) atoms. The minimum atomic E-state index is 0.872. The fourth-order valence-electron chi connectivity index (χ4n) is 2.10. The zero-order valence-corrected chi connectivity index (χ0v) is 10.4. The van der Waals surface area contributed by atoms with Gasteiger partial charge in [-0.05, 0) is 42.3 Å². The summed E-state index contributed by atoms with van der Waals surface area (Å²) >= 11 is 0. The van der Waals surface area contributed by atoms with Gasteiger partial charge in [0.1, 0.15) is 11.6 Å². The van der Waals surface area contributed by atoms with E-state index in [1.54, 1.807) is 7.11 Å². The lowest BCUT2D eigenvalue weighted by molar-refractivity contribution is 0.415. The number of hydrogen-bond donors (Lipinski definition) is 1. The third kappa shape index (κ3) is 1.84. The number of rotatable bonds is 2. The number of aryl methyl sites for hydroxylation is 1. The Bertz CT molecular complexity index is 683. The number of methoxy groups -OCH3 is 1. The van der Waals surface area contributed by atoms with Crippen LogP contribution in [0, 0.1) is 6.92 Å². The van der Waals surface area contributed by atoms with Gasteiger partial charge in [-0.25, -0.2) is 4.98 Å². The number of nitrogens with zero attached hydrogens (tertiary/aromatic N) is 1. The summed E-state index contributed by atoms with van der Waals surface area (Å²) in [5, 5.41) is 0. The first-order chi connectivity index (χ1) is 8.76. The molecule has 1 heterocycles. The second-order valence-electron chi connectivity index (χ2n) is 4.28. The first-order valence-electron chi connectivity index (χ1n) is 5.87. The van der Waals surface area contributed by atoms with Crippen LogP contribution in [0.5, 0.6) is 5.75 Å². The van der Waals surface area contributed by atoms with Crippen molar-refractivity contribution in [3.05, 3.63) is 48.3 Å². The van der Waals surface area contributed by atoms with E-state index in [2.05, 4.69) is 34.2 Å². The van der Waals surface area contributed by atoms with E-state index in [0.29, 0.717) is 0 Å². The van der Waals surface area contributed by atoms with Crippen LogP contribution in [-0.2, 0) is 0 Å². The monoisotopic (exact) mass is 238 g/mol. The molecule has 0 bridgehead atoms. The van der Waals surface area contributed by atoms with Gasteiger partial charge in [-0.15, -0.1) is 0 Å². The summed E-state index contributed by atoms with van der Waals surface area (Å²) in [5.74, 6) is 1.81. The second kappa shape index (κ2) is 4.18. The quantitative estimate of drug-likeness (QED) is 0.741. The summed E-state index contributed by atoms with van der Waals surface area (Å²) < 4.78 is 5.16. The van der Waals surface area contributed by atoms with Gasteiger partial charge in [0.05, 0.1) is 18.1 Å². The number of benzene rings is 2. The summed E-state index contributed by atoms with van der Waals surface area (Å²) in [6.45, 7) is 1.97. The highest BCUT2D eigenvalue weighted by molar-refractivity contribution is 5.82. The Kier molecular flexibility index (Phi) is 2.52. The zero-order valence-electron chi connectivity index (χ0n) is 10.4. The smallest absolute Gasteiger partial charge is 0.118 e. The molecule has 0 aliphatic rings. The number of ether oxygens (including phenoxy) is 1. The summed E-state index contributed by atoms with van der Waals surface area (Å²) in [6.07, 6.45) is 0. The molecular formula is C15H14N2O. The van der Waals surface area contributed by atoms with Crippen molar-refractivity contribution in [1.82, 2.24) is 9.97 Å². The molecule has 1 aromatic heterocycles. The molecule has 3 rings (SSSR count). The normalized spacial score (nSPS) is 10.8. The molecule has 3 nitrogen and oxygen atoms in total. The van der Waals surface area contributed by atoms with Gasteiger partial charge in [-0.3, -0.25) is 0 Å². The molecule has 0 amide bonds. The van der Waals surface area contributed by atoms with Crippen molar-refractivity contribution in [2.45, 2.75) is 6.92 Å². The molecule has 0 saturated carbocycles. The number of imidazole rings is 1. The van der Waals surface area contributed by atoms with Crippen LogP contribution in [0.2, 0.25) is 0 Å². The van der Waals surface area contributed by atoms with Gasteiger partial charge >= 0.3 is 0 Å². The van der Waals surface area contributed by atoms with Crippen molar-refractivity contribution in [1.29, 1.82) is 0 Å². The van der Waals surface area contributed by atoms with Gasteiger partial charge in [-0.1, -0.05) is 18.2 Å². The fraction of sp³-hybridized carbons (Fsp3) is 0.133. The molecule has 0 aliphatic carbocycles. The molecule has 2 aromatic carbocycles. The Hall–Kier alpha value is -2.29. The Balaban J connectivity index is 2.06. The highest BCUT2D eigenvalue weighted by Crippen LogP contribution is 2.25. The van der Waals surface area contributed by atoms with Crippen LogP contribution >= 0.6 is 0 Å². The molecule has 3 aromatic rings. The SMILES string of the molecule is COc1ccc(-c2ccc3nc(C)[nH]c3c2)cc1. The molecule has 0 atom stereocenters. The third-order valence-corrected chi connectivity index (χ3v) is 3.02. The zero-order chi connectivity index (χ0) is 12.5. The van der Waals surface area contributed by atoms with E-state index in [9.17, 15) is 0 Å². The minimum Gasteiger partial charge on any atom is -0.497 e. The van der Waals surface area contributed by atoms with Gasteiger partial charge in [0, 0.05) is 0 Å². The maximum Gasteiger partial charge on any atom is 0.118 e. The largest absolute Gasteiger partial charge is 0.497 e. The third-order valence-electron chi connectivity index (χ3n) is 3.02. The maximum atomic E-state index is 5.16. The summed E-state index contributed by atoms with van der Waals surface area (Å²) in [7, 11) is 1.68. The van der Waals surface area contributed by atoms with Crippen molar-refractivity contribution in [2.75, 3.05) is 7.11 Å². The Morgan fingerprint density at radius 1 is 1.00 bits per heavy atom. The first-order valence-corrected chi connectivity index (χ1v) is 5.87. The van der Waals surface area contributed by atoms with E-state index >= 15 is 0 Å². The molecule has 0 spiro atoms. The van der Waals surface area contributed by atoms with Gasteiger partial charge in [-0.2, -0.15) is 0 Å². The van der Waals surface area contributed by atoms with Crippen molar-refractivity contribution >= 4 is 11.0 Å². The first kappa shape index (κ1) is 10.8. The van der Waals surface area contributed by atoms with Gasteiger partial charge in [0.2, 0.25) is 0 Å². The predicted octanol–water partition coefficient (Wildman–Crippen LogP) is 3.55. The number of fused-ring (bicyclic) bond motifs is 1.